The summed E-state index contributed by atoms with van der Waals surface area (Å²) >= 11 is 0. The topological polar surface area (TPSA) is 116 Å². The average molecular weight is 548 g/mol. The largest absolute Gasteiger partial charge is 0.478 e. The summed E-state index contributed by atoms with van der Waals surface area (Å²) in [4.78, 5) is 26.7. The Morgan fingerprint density at radius 1 is 0.846 bits per heavy atom. The van der Waals surface area contributed by atoms with Gasteiger partial charge in [-0.3, -0.25) is 4.79 Å². The molecule has 1 saturated heterocycles. The second kappa shape index (κ2) is 11.7. The van der Waals surface area contributed by atoms with Gasteiger partial charge >= 0.3 is 5.97 Å². The van der Waals surface area contributed by atoms with Crippen LogP contribution in [-0.4, -0.2) is 56.0 Å². The SMILES string of the molecule is O=C(O)c1ccc(-c2ccc(S(=O)(=O)NC3CCC(C(=O)N4CCNC[C@@H]4c4ccccc4)CC3)cc2)cc1. The fourth-order valence-electron chi connectivity index (χ4n) is 5.55. The van der Waals surface area contributed by atoms with Crippen molar-refractivity contribution in [2.45, 2.75) is 42.7 Å². The number of carbonyl (C=O) groups is 2. The van der Waals surface area contributed by atoms with Crippen molar-refractivity contribution in [3.05, 3.63) is 90.0 Å². The minimum absolute atomic E-state index is 0.0155. The normalized spacial score (nSPS) is 21.8. The monoisotopic (exact) mass is 547 g/mol. The van der Waals surface area contributed by atoms with E-state index in [1.807, 2.05) is 23.1 Å². The van der Waals surface area contributed by atoms with E-state index in [9.17, 15) is 18.0 Å². The summed E-state index contributed by atoms with van der Waals surface area (Å²) < 4.78 is 29.0. The molecule has 0 unspecified atom stereocenters. The van der Waals surface area contributed by atoms with Gasteiger partial charge in [-0.15, -0.1) is 0 Å². The summed E-state index contributed by atoms with van der Waals surface area (Å²) in [5, 5.41) is 12.5. The smallest absolute Gasteiger partial charge is 0.335 e. The lowest BCUT2D eigenvalue weighted by Gasteiger charge is -2.40. The molecule has 0 aromatic heterocycles. The number of nitrogens with zero attached hydrogens (tertiary/aromatic N) is 1. The number of sulfonamides is 1. The van der Waals surface area contributed by atoms with E-state index in [1.54, 1.807) is 36.4 Å². The first-order valence-corrected chi connectivity index (χ1v) is 14.8. The van der Waals surface area contributed by atoms with Crippen LogP contribution in [0.3, 0.4) is 0 Å². The molecular weight excluding hydrogens is 514 g/mol. The van der Waals surface area contributed by atoms with Crippen molar-refractivity contribution in [3.63, 3.8) is 0 Å². The van der Waals surface area contributed by atoms with Gasteiger partial charge in [-0.05, 0) is 66.6 Å². The molecule has 39 heavy (non-hydrogen) atoms. The lowest BCUT2D eigenvalue weighted by Crippen LogP contribution is -2.51. The predicted molar refractivity (Wildman–Crippen MR) is 149 cm³/mol. The Bertz CT molecular complexity index is 1400. The van der Waals surface area contributed by atoms with Gasteiger partial charge in [0.15, 0.2) is 0 Å². The molecular formula is C30H33N3O5S. The third kappa shape index (κ3) is 6.21. The van der Waals surface area contributed by atoms with Crippen LogP contribution in [0.4, 0.5) is 0 Å². The van der Waals surface area contributed by atoms with E-state index in [4.69, 9.17) is 5.11 Å². The maximum Gasteiger partial charge on any atom is 0.335 e. The standard InChI is InChI=1S/C30H33N3O5S/c34-29(33-19-18-31-20-28(33)23-4-2-1-3-5-23)24-10-14-26(15-11-24)32-39(37,38)27-16-12-22(13-17-27)21-6-8-25(9-7-21)30(35)36/h1-9,12-13,16-17,24,26,28,31-32H,10-11,14-15,18-20H2,(H,35,36)/t24?,26?,28-/m1/s1. The molecule has 5 rings (SSSR count). The van der Waals surface area contributed by atoms with E-state index in [0.29, 0.717) is 32.2 Å². The molecule has 1 saturated carbocycles. The van der Waals surface area contributed by atoms with Gasteiger partial charge in [0.1, 0.15) is 0 Å². The summed E-state index contributed by atoms with van der Waals surface area (Å²) in [6.45, 7) is 2.18. The number of amides is 1. The third-order valence-electron chi connectivity index (χ3n) is 7.74. The maximum atomic E-state index is 13.5. The molecule has 1 amide bonds. The fourth-order valence-corrected chi connectivity index (χ4v) is 6.86. The Morgan fingerprint density at radius 2 is 1.46 bits per heavy atom. The molecule has 0 spiro atoms. The lowest BCUT2D eigenvalue weighted by molar-refractivity contribution is -0.140. The van der Waals surface area contributed by atoms with Crippen LogP contribution in [-0.2, 0) is 14.8 Å². The summed E-state index contributed by atoms with van der Waals surface area (Å²) in [7, 11) is -3.71. The van der Waals surface area contributed by atoms with Crippen molar-refractivity contribution >= 4 is 21.9 Å². The molecule has 8 nitrogen and oxygen atoms in total. The number of aromatic carboxylic acids is 1. The molecule has 1 heterocycles. The highest BCUT2D eigenvalue weighted by Crippen LogP contribution is 2.31. The maximum absolute atomic E-state index is 13.5. The number of rotatable bonds is 7. The van der Waals surface area contributed by atoms with Gasteiger partial charge in [0, 0.05) is 31.6 Å². The van der Waals surface area contributed by atoms with Crippen molar-refractivity contribution in [2.75, 3.05) is 19.6 Å². The van der Waals surface area contributed by atoms with Gasteiger partial charge in [0.05, 0.1) is 16.5 Å². The second-order valence-electron chi connectivity index (χ2n) is 10.2. The second-order valence-corrected chi connectivity index (χ2v) is 12.0. The number of carboxylic acids is 1. The molecule has 3 N–H and O–H groups in total. The van der Waals surface area contributed by atoms with E-state index >= 15 is 0 Å². The summed E-state index contributed by atoms with van der Waals surface area (Å²) in [6.07, 6.45) is 2.54. The molecule has 0 radical (unpaired) electrons. The van der Waals surface area contributed by atoms with Crippen LogP contribution in [0.15, 0.2) is 83.8 Å². The zero-order valence-electron chi connectivity index (χ0n) is 21.6. The number of hydrogen-bond donors (Lipinski definition) is 3. The Labute approximate surface area is 229 Å². The predicted octanol–water partition coefficient (Wildman–Crippen LogP) is 4.06. The van der Waals surface area contributed by atoms with E-state index < -0.39 is 16.0 Å². The molecule has 2 aliphatic rings. The first-order valence-electron chi connectivity index (χ1n) is 13.3. The number of benzene rings is 3. The fraction of sp³-hybridized carbons (Fsp3) is 0.333. The highest BCUT2D eigenvalue weighted by atomic mass is 32.2. The first kappa shape index (κ1) is 27.1. The number of nitrogens with one attached hydrogen (secondary N) is 2. The number of carboxylic acid groups (broad SMARTS) is 1. The van der Waals surface area contributed by atoms with E-state index in [0.717, 1.165) is 29.8 Å². The van der Waals surface area contributed by atoms with Crippen molar-refractivity contribution in [1.82, 2.24) is 14.9 Å². The lowest BCUT2D eigenvalue weighted by atomic mass is 9.85. The minimum Gasteiger partial charge on any atom is -0.478 e. The van der Waals surface area contributed by atoms with Gasteiger partial charge in [-0.2, -0.15) is 0 Å². The highest BCUT2D eigenvalue weighted by Gasteiger charge is 2.35. The highest BCUT2D eigenvalue weighted by molar-refractivity contribution is 7.89. The summed E-state index contributed by atoms with van der Waals surface area (Å²) in [5.41, 5.74) is 2.93. The molecule has 1 aliphatic heterocycles. The quantitative estimate of drug-likeness (QED) is 0.411. The first-order chi connectivity index (χ1) is 18.8. The van der Waals surface area contributed by atoms with Crippen LogP contribution >= 0.6 is 0 Å². The van der Waals surface area contributed by atoms with E-state index in [1.165, 1.54) is 12.1 Å². The van der Waals surface area contributed by atoms with Crippen LogP contribution in [0, 0.1) is 5.92 Å². The number of piperazine rings is 1. The van der Waals surface area contributed by atoms with Crippen LogP contribution < -0.4 is 10.0 Å². The number of hydrogen-bond acceptors (Lipinski definition) is 5. The van der Waals surface area contributed by atoms with E-state index in [-0.39, 0.29) is 34.4 Å². The molecule has 0 bridgehead atoms. The van der Waals surface area contributed by atoms with Gasteiger partial charge in [-0.25, -0.2) is 17.9 Å². The zero-order valence-corrected chi connectivity index (χ0v) is 22.4. The Kier molecular flexibility index (Phi) is 8.11. The Hall–Kier alpha value is -3.53. The van der Waals surface area contributed by atoms with Crippen LogP contribution in [0.1, 0.15) is 47.6 Å². The Morgan fingerprint density at radius 3 is 2.08 bits per heavy atom. The van der Waals surface area contributed by atoms with Crippen molar-refractivity contribution < 1.29 is 23.1 Å². The molecule has 2 fully saturated rings. The molecule has 3 aromatic carbocycles. The minimum atomic E-state index is -3.71. The molecule has 3 aromatic rings. The van der Waals surface area contributed by atoms with Gasteiger partial charge in [-0.1, -0.05) is 54.6 Å². The van der Waals surface area contributed by atoms with Crippen LogP contribution in [0.5, 0.6) is 0 Å². The van der Waals surface area contributed by atoms with Crippen LogP contribution in [0.2, 0.25) is 0 Å². The summed E-state index contributed by atoms with van der Waals surface area (Å²) in [6, 6.07) is 22.9. The van der Waals surface area contributed by atoms with Gasteiger partial charge in [0.2, 0.25) is 15.9 Å². The molecule has 204 valence electrons. The molecule has 1 atom stereocenters. The van der Waals surface area contributed by atoms with Crippen molar-refractivity contribution in [3.8, 4) is 11.1 Å². The van der Waals surface area contributed by atoms with Gasteiger partial charge < -0.3 is 15.3 Å². The Balaban J connectivity index is 1.18. The summed E-state index contributed by atoms with van der Waals surface area (Å²) in [5.74, 6) is -0.923. The zero-order chi connectivity index (χ0) is 27.4. The van der Waals surface area contributed by atoms with Crippen LogP contribution in [0.25, 0.3) is 11.1 Å². The van der Waals surface area contributed by atoms with E-state index in [2.05, 4.69) is 22.2 Å². The third-order valence-corrected chi connectivity index (χ3v) is 9.28. The molecule has 9 heteroatoms. The van der Waals surface area contributed by atoms with Crippen molar-refractivity contribution in [2.24, 2.45) is 5.92 Å². The van der Waals surface area contributed by atoms with Gasteiger partial charge in [0.25, 0.3) is 0 Å². The molecule has 1 aliphatic carbocycles. The number of carbonyl (C=O) groups excluding carboxylic acids is 1. The van der Waals surface area contributed by atoms with Crippen molar-refractivity contribution in [1.29, 1.82) is 0 Å². The average Bonchev–Trinajstić information content (AvgIpc) is 2.97.